The number of hydrogen-bond acceptors (Lipinski definition) is 3. The lowest BCUT2D eigenvalue weighted by Crippen LogP contribution is -2.40. The van der Waals surface area contributed by atoms with E-state index in [0.29, 0.717) is 0 Å². The highest BCUT2D eigenvalue weighted by atomic mass is 32.2. The first-order chi connectivity index (χ1) is 9.02. The average Bonchev–Trinajstić information content (AvgIpc) is 2.35. The number of imide groups is 1. The van der Waals surface area contributed by atoms with Crippen molar-refractivity contribution in [2.45, 2.75) is 4.90 Å². The maximum absolute atomic E-state index is 13.2. The molecule has 0 fully saturated rings. The Bertz CT molecular complexity index is 495. The number of thioether (sulfide) groups is 1. The van der Waals surface area contributed by atoms with Gasteiger partial charge >= 0.3 is 6.03 Å². The molecule has 0 bridgehead atoms. The number of halogens is 2. The second-order valence-electron chi connectivity index (χ2n) is 3.41. The number of carbonyl (C=O) groups is 2. The van der Waals surface area contributed by atoms with Crippen molar-refractivity contribution >= 4 is 23.7 Å². The fourth-order valence-corrected chi connectivity index (χ4v) is 1.83. The van der Waals surface area contributed by atoms with Gasteiger partial charge in [0, 0.05) is 17.5 Å². The van der Waals surface area contributed by atoms with Gasteiger partial charge in [0.25, 0.3) is 0 Å². The van der Waals surface area contributed by atoms with E-state index in [9.17, 15) is 18.4 Å². The van der Waals surface area contributed by atoms with Crippen molar-refractivity contribution in [2.75, 3.05) is 12.3 Å². The number of hydrogen-bond donors (Lipinski definition) is 2. The molecule has 0 heterocycles. The second kappa shape index (κ2) is 7.52. The van der Waals surface area contributed by atoms with Crippen LogP contribution >= 0.6 is 11.8 Å². The smallest absolute Gasteiger partial charge is 0.321 e. The van der Waals surface area contributed by atoms with Crippen LogP contribution in [0.1, 0.15) is 0 Å². The summed E-state index contributed by atoms with van der Waals surface area (Å²) in [6.07, 6.45) is 1.46. The van der Waals surface area contributed by atoms with Gasteiger partial charge in [0.05, 0.1) is 5.75 Å². The quantitative estimate of drug-likeness (QED) is 0.643. The number of carbonyl (C=O) groups excluding carboxylic acids is 2. The van der Waals surface area contributed by atoms with E-state index in [1.54, 1.807) is 0 Å². The van der Waals surface area contributed by atoms with Gasteiger partial charge in [-0.25, -0.2) is 13.6 Å². The van der Waals surface area contributed by atoms with Crippen molar-refractivity contribution in [2.24, 2.45) is 0 Å². The summed E-state index contributed by atoms with van der Waals surface area (Å²) < 4.78 is 25.9. The SMILES string of the molecule is C=CCNC(=O)NC(=O)CSc1ccc(F)cc1F. The molecule has 19 heavy (non-hydrogen) atoms. The van der Waals surface area contributed by atoms with Crippen LogP contribution in [-0.2, 0) is 4.79 Å². The molecule has 0 aliphatic heterocycles. The second-order valence-corrected chi connectivity index (χ2v) is 4.43. The van der Waals surface area contributed by atoms with Crippen LogP contribution in [0.25, 0.3) is 0 Å². The standard InChI is InChI=1S/C12H12F2N2O2S/c1-2-5-15-12(18)16-11(17)7-19-10-4-3-8(13)6-9(10)14/h2-4,6H,1,5,7H2,(H2,15,16,17,18). The highest BCUT2D eigenvalue weighted by molar-refractivity contribution is 8.00. The van der Waals surface area contributed by atoms with E-state index < -0.39 is 23.6 Å². The summed E-state index contributed by atoms with van der Waals surface area (Å²) in [5, 5.41) is 4.42. The van der Waals surface area contributed by atoms with E-state index in [0.717, 1.165) is 23.9 Å². The Morgan fingerprint density at radius 2 is 2.11 bits per heavy atom. The Morgan fingerprint density at radius 1 is 1.37 bits per heavy atom. The van der Waals surface area contributed by atoms with Crippen molar-refractivity contribution in [1.82, 2.24) is 10.6 Å². The number of amides is 3. The van der Waals surface area contributed by atoms with Gasteiger partial charge in [-0.15, -0.1) is 18.3 Å². The van der Waals surface area contributed by atoms with Crippen molar-refractivity contribution < 1.29 is 18.4 Å². The molecule has 0 aromatic heterocycles. The zero-order valence-electron chi connectivity index (χ0n) is 9.91. The molecule has 0 atom stereocenters. The lowest BCUT2D eigenvalue weighted by Gasteiger charge is -2.05. The van der Waals surface area contributed by atoms with Crippen molar-refractivity contribution in [3.63, 3.8) is 0 Å². The zero-order chi connectivity index (χ0) is 14.3. The van der Waals surface area contributed by atoms with E-state index in [2.05, 4.69) is 17.2 Å². The largest absolute Gasteiger partial charge is 0.334 e. The minimum atomic E-state index is -0.742. The van der Waals surface area contributed by atoms with Gasteiger partial charge in [-0.05, 0) is 12.1 Å². The molecule has 1 rings (SSSR count). The summed E-state index contributed by atoms with van der Waals surface area (Å²) in [7, 11) is 0. The van der Waals surface area contributed by atoms with Gasteiger partial charge in [-0.2, -0.15) is 0 Å². The van der Waals surface area contributed by atoms with Gasteiger partial charge < -0.3 is 5.32 Å². The summed E-state index contributed by atoms with van der Waals surface area (Å²) in [4.78, 5) is 22.6. The third kappa shape index (κ3) is 5.52. The average molecular weight is 286 g/mol. The molecule has 7 heteroatoms. The molecule has 102 valence electrons. The molecule has 0 aliphatic carbocycles. The van der Waals surface area contributed by atoms with Crippen molar-refractivity contribution in [3.8, 4) is 0 Å². The topological polar surface area (TPSA) is 58.2 Å². The van der Waals surface area contributed by atoms with Crippen LogP contribution in [-0.4, -0.2) is 24.2 Å². The van der Waals surface area contributed by atoms with Gasteiger partial charge in [0.1, 0.15) is 11.6 Å². The van der Waals surface area contributed by atoms with Gasteiger partial charge in [-0.1, -0.05) is 6.08 Å². The molecule has 3 amide bonds. The summed E-state index contributed by atoms with van der Waals surface area (Å²) >= 11 is 0.876. The van der Waals surface area contributed by atoms with E-state index in [1.165, 1.54) is 12.1 Å². The Morgan fingerprint density at radius 3 is 2.74 bits per heavy atom. The van der Waals surface area contributed by atoms with Crippen molar-refractivity contribution in [1.29, 1.82) is 0 Å². The molecule has 0 saturated heterocycles. The molecule has 4 nitrogen and oxygen atoms in total. The first kappa shape index (κ1) is 15.2. The first-order valence-corrected chi connectivity index (χ1v) is 6.28. The van der Waals surface area contributed by atoms with Crippen LogP contribution in [0.3, 0.4) is 0 Å². The fraction of sp³-hybridized carbons (Fsp3) is 0.167. The van der Waals surface area contributed by atoms with Crippen LogP contribution in [0.15, 0.2) is 35.7 Å². The normalized spacial score (nSPS) is 9.79. The molecular weight excluding hydrogens is 274 g/mol. The lowest BCUT2D eigenvalue weighted by atomic mass is 10.3. The molecular formula is C12H12F2N2O2S. The number of urea groups is 1. The van der Waals surface area contributed by atoms with Crippen LogP contribution in [0.5, 0.6) is 0 Å². The fourth-order valence-electron chi connectivity index (χ4n) is 1.11. The Kier molecular flexibility index (Phi) is 6.01. The van der Waals surface area contributed by atoms with Crippen LogP contribution in [0.2, 0.25) is 0 Å². The third-order valence-corrected chi connectivity index (χ3v) is 2.96. The Labute approximate surface area is 113 Å². The molecule has 2 N–H and O–H groups in total. The highest BCUT2D eigenvalue weighted by Crippen LogP contribution is 2.21. The molecule has 0 spiro atoms. The maximum Gasteiger partial charge on any atom is 0.321 e. The maximum atomic E-state index is 13.2. The molecule has 0 radical (unpaired) electrons. The summed E-state index contributed by atoms with van der Waals surface area (Å²) in [6, 6.07) is 2.42. The van der Waals surface area contributed by atoms with E-state index in [-0.39, 0.29) is 17.2 Å². The summed E-state index contributed by atoms with van der Waals surface area (Å²) in [6.45, 7) is 3.64. The molecule has 1 aromatic carbocycles. The Balaban J connectivity index is 2.41. The first-order valence-electron chi connectivity index (χ1n) is 5.29. The number of rotatable bonds is 5. The molecule has 0 aliphatic rings. The minimum Gasteiger partial charge on any atom is -0.334 e. The number of nitrogens with one attached hydrogen (secondary N) is 2. The lowest BCUT2D eigenvalue weighted by molar-refractivity contribution is -0.117. The predicted octanol–water partition coefficient (Wildman–Crippen LogP) is 2.07. The van der Waals surface area contributed by atoms with Crippen LogP contribution in [0, 0.1) is 11.6 Å². The van der Waals surface area contributed by atoms with Crippen molar-refractivity contribution in [3.05, 3.63) is 42.5 Å². The highest BCUT2D eigenvalue weighted by Gasteiger charge is 2.10. The monoisotopic (exact) mass is 286 g/mol. The minimum absolute atomic E-state index is 0.142. The number of benzene rings is 1. The molecule has 1 aromatic rings. The van der Waals surface area contributed by atoms with E-state index in [1.807, 2.05) is 0 Å². The van der Waals surface area contributed by atoms with Gasteiger partial charge in [0.15, 0.2) is 0 Å². The summed E-state index contributed by atoms with van der Waals surface area (Å²) in [5.41, 5.74) is 0. The van der Waals surface area contributed by atoms with Crippen LogP contribution < -0.4 is 10.6 Å². The summed E-state index contributed by atoms with van der Waals surface area (Å²) in [5.74, 6) is -2.15. The van der Waals surface area contributed by atoms with Crippen LogP contribution in [0.4, 0.5) is 13.6 Å². The van der Waals surface area contributed by atoms with Gasteiger partial charge in [0.2, 0.25) is 5.91 Å². The zero-order valence-corrected chi connectivity index (χ0v) is 10.7. The van der Waals surface area contributed by atoms with E-state index >= 15 is 0 Å². The predicted molar refractivity (Wildman–Crippen MR) is 68.8 cm³/mol. The third-order valence-electron chi connectivity index (χ3n) is 1.91. The van der Waals surface area contributed by atoms with E-state index in [4.69, 9.17) is 0 Å². The molecule has 0 saturated carbocycles. The molecule has 0 unspecified atom stereocenters. The van der Waals surface area contributed by atoms with Gasteiger partial charge in [-0.3, -0.25) is 10.1 Å². The Hall–Kier alpha value is -1.89.